The molecular weight excluding hydrogens is 350 g/mol. The fraction of sp³-hybridized carbons (Fsp3) is 0.316. The first-order chi connectivity index (χ1) is 12.6. The van der Waals surface area contributed by atoms with Crippen LogP contribution in [0.4, 0.5) is 5.82 Å². The molecular formula is C19H20ClN5O. The number of benzene rings is 1. The first-order valence-corrected chi connectivity index (χ1v) is 9.03. The van der Waals surface area contributed by atoms with E-state index in [9.17, 15) is 5.11 Å². The van der Waals surface area contributed by atoms with E-state index in [0.29, 0.717) is 10.8 Å². The van der Waals surface area contributed by atoms with Gasteiger partial charge in [-0.05, 0) is 25.0 Å². The number of hydrogen-bond acceptors (Lipinski definition) is 5. The summed E-state index contributed by atoms with van der Waals surface area (Å²) in [5.41, 5.74) is 2.71. The van der Waals surface area contributed by atoms with Crippen molar-refractivity contribution in [1.82, 2.24) is 19.7 Å². The Morgan fingerprint density at radius 2 is 1.81 bits per heavy atom. The molecule has 0 amide bonds. The molecule has 2 aromatic heterocycles. The van der Waals surface area contributed by atoms with Crippen LogP contribution in [0.25, 0.3) is 22.6 Å². The van der Waals surface area contributed by atoms with Gasteiger partial charge in [-0.3, -0.25) is 4.68 Å². The van der Waals surface area contributed by atoms with Gasteiger partial charge in [0.25, 0.3) is 0 Å². The molecule has 1 aliphatic rings. The van der Waals surface area contributed by atoms with Gasteiger partial charge in [0, 0.05) is 43.0 Å². The SMILES string of the molecule is Cn1cc(-c2nc(-c3ccc(Cl)cc3)cc(N3CCC(O)CC3)n2)cn1. The lowest BCUT2D eigenvalue weighted by molar-refractivity contribution is 0.145. The molecule has 1 aliphatic heterocycles. The quantitative estimate of drug-likeness (QED) is 0.768. The number of aliphatic hydroxyl groups excluding tert-OH is 1. The molecule has 1 aromatic carbocycles. The first-order valence-electron chi connectivity index (χ1n) is 8.65. The molecule has 3 aromatic rings. The Morgan fingerprint density at radius 1 is 1.08 bits per heavy atom. The summed E-state index contributed by atoms with van der Waals surface area (Å²) in [7, 11) is 1.87. The highest BCUT2D eigenvalue weighted by Crippen LogP contribution is 2.28. The number of nitrogens with zero attached hydrogens (tertiary/aromatic N) is 5. The summed E-state index contributed by atoms with van der Waals surface area (Å²) in [6, 6.07) is 9.64. The van der Waals surface area contributed by atoms with Crippen molar-refractivity contribution < 1.29 is 5.11 Å². The van der Waals surface area contributed by atoms with Crippen LogP contribution in [0.15, 0.2) is 42.7 Å². The van der Waals surface area contributed by atoms with Gasteiger partial charge in [0.15, 0.2) is 5.82 Å². The van der Waals surface area contributed by atoms with Crippen molar-refractivity contribution in [1.29, 1.82) is 0 Å². The minimum Gasteiger partial charge on any atom is -0.393 e. The second-order valence-electron chi connectivity index (χ2n) is 6.56. The maximum Gasteiger partial charge on any atom is 0.165 e. The van der Waals surface area contributed by atoms with E-state index >= 15 is 0 Å². The summed E-state index contributed by atoms with van der Waals surface area (Å²) in [4.78, 5) is 11.7. The zero-order valence-electron chi connectivity index (χ0n) is 14.5. The van der Waals surface area contributed by atoms with Crippen molar-refractivity contribution in [2.45, 2.75) is 18.9 Å². The third-order valence-corrected chi connectivity index (χ3v) is 4.86. The van der Waals surface area contributed by atoms with Gasteiger partial charge >= 0.3 is 0 Å². The number of hydrogen-bond donors (Lipinski definition) is 1. The predicted molar refractivity (Wildman–Crippen MR) is 102 cm³/mol. The van der Waals surface area contributed by atoms with E-state index in [1.165, 1.54) is 0 Å². The normalized spacial score (nSPS) is 15.4. The minimum atomic E-state index is -0.221. The van der Waals surface area contributed by atoms with Crippen molar-refractivity contribution in [2.75, 3.05) is 18.0 Å². The Balaban J connectivity index is 1.77. The molecule has 1 fully saturated rings. The van der Waals surface area contributed by atoms with Crippen LogP contribution in [-0.4, -0.2) is 44.0 Å². The van der Waals surface area contributed by atoms with Crippen LogP contribution in [0.5, 0.6) is 0 Å². The maximum atomic E-state index is 9.78. The molecule has 0 unspecified atom stereocenters. The molecule has 0 bridgehead atoms. The maximum absolute atomic E-state index is 9.78. The highest BCUT2D eigenvalue weighted by Gasteiger charge is 2.20. The van der Waals surface area contributed by atoms with Gasteiger partial charge in [-0.1, -0.05) is 23.7 Å². The number of halogens is 1. The van der Waals surface area contributed by atoms with Gasteiger partial charge in [0.1, 0.15) is 5.82 Å². The van der Waals surface area contributed by atoms with E-state index in [1.807, 2.05) is 43.6 Å². The molecule has 0 spiro atoms. The van der Waals surface area contributed by atoms with E-state index < -0.39 is 0 Å². The average molecular weight is 370 g/mol. The molecule has 6 nitrogen and oxygen atoms in total. The average Bonchev–Trinajstić information content (AvgIpc) is 3.09. The summed E-state index contributed by atoms with van der Waals surface area (Å²) < 4.78 is 1.74. The van der Waals surface area contributed by atoms with E-state index in [0.717, 1.165) is 48.6 Å². The fourth-order valence-corrected chi connectivity index (χ4v) is 3.25. The summed E-state index contributed by atoms with van der Waals surface area (Å²) in [5, 5.41) is 14.7. The van der Waals surface area contributed by atoms with E-state index in [-0.39, 0.29) is 6.10 Å². The van der Waals surface area contributed by atoms with Crippen molar-refractivity contribution in [2.24, 2.45) is 7.05 Å². The number of anilines is 1. The smallest absolute Gasteiger partial charge is 0.165 e. The third kappa shape index (κ3) is 3.57. The van der Waals surface area contributed by atoms with Gasteiger partial charge < -0.3 is 10.0 Å². The van der Waals surface area contributed by atoms with E-state index in [2.05, 4.69) is 10.00 Å². The zero-order valence-corrected chi connectivity index (χ0v) is 15.3. The Bertz CT molecular complexity index is 901. The molecule has 1 saturated heterocycles. The number of rotatable bonds is 3. The fourth-order valence-electron chi connectivity index (χ4n) is 3.13. The van der Waals surface area contributed by atoms with Crippen molar-refractivity contribution in [3.63, 3.8) is 0 Å². The van der Waals surface area contributed by atoms with Crippen LogP contribution in [0.2, 0.25) is 5.02 Å². The third-order valence-electron chi connectivity index (χ3n) is 4.60. The number of piperidine rings is 1. The summed E-state index contributed by atoms with van der Waals surface area (Å²) in [6.07, 6.45) is 4.96. The number of aryl methyl sites for hydroxylation is 1. The lowest BCUT2D eigenvalue weighted by Crippen LogP contribution is -2.36. The Hall–Kier alpha value is -2.44. The molecule has 1 N–H and O–H groups in total. The van der Waals surface area contributed by atoms with Gasteiger partial charge in [-0.25, -0.2) is 9.97 Å². The van der Waals surface area contributed by atoms with Crippen LogP contribution < -0.4 is 4.90 Å². The molecule has 0 saturated carbocycles. The zero-order chi connectivity index (χ0) is 18.1. The number of aromatic nitrogens is 4. The lowest BCUT2D eigenvalue weighted by atomic mass is 10.1. The van der Waals surface area contributed by atoms with Gasteiger partial charge in [0.05, 0.1) is 23.6 Å². The monoisotopic (exact) mass is 369 g/mol. The van der Waals surface area contributed by atoms with Gasteiger partial charge in [0.2, 0.25) is 0 Å². The lowest BCUT2D eigenvalue weighted by Gasteiger charge is -2.30. The molecule has 7 heteroatoms. The largest absolute Gasteiger partial charge is 0.393 e. The van der Waals surface area contributed by atoms with E-state index in [4.69, 9.17) is 21.6 Å². The molecule has 134 valence electrons. The summed E-state index contributed by atoms with van der Waals surface area (Å²) in [6.45, 7) is 1.56. The molecule has 26 heavy (non-hydrogen) atoms. The van der Waals surface area contributed by atoms with Crippen molar-refractivity contribution in [3.8, 4) is 22.6 Å². The highest BCUT2D eigenvalue weighted by molar-refractivity contribution is 6.30. The molecule has 0 aliphatic carbocycles. The topological polar surface area (TPSA) is 67.1 Å². The van der Waals surface area contributed by atoms with Crippen LogP contribution in [0.1, 0.15) is 12.8 Å². The van der Waals surface area contributed by atoms with E-state index in [1.54, 1.807) is 10.9 Å². The first kappa shape index (κ1) is 17.0. The summed E-state index contributed by atoms with van der Waals surface area (Å²) in [5.74, 6) is 1.52. The standard InChI is InChI=1S/C19H20ClN5O/c1-24-12-14(11-21-24)19-22-17(13-2-4-15(20)5-3-13)10-18(23-19)25-8-6-16(26)7-9-25/h2-5,10-12,16,26H,6-9H2,1H3. The molecule has 3 heterocycles. The summed E-state index contributed by atoms with van der Waals surface area (Å²) >= 11 is 6.02. The van der Waals surface area contributed by atoms with Crippen LogP contribution >= 0.6 is 11.6 Å². The second-order valence-corrected chi connectivity index (χ2v) is 7.00. The Morgan fingerprint density at radius 3 is 2.46 bits per heavy atom. The van der Waals surface area contributed by atoms with Crippen LogP contribution in [0, 0.1) is 0 Å². The Kier molecular flexibility index (Phi) is 4.61. The molecule has 4 rings (SSSR count). The van der Waals surface area contributed by atoms with Crippen LogP contribution in [-0.2, 0) is 7.05 Å². The predicted octanol–water partition coefficient (Wildman–Crippen LogP) is 3.16. The highest BCUT2D eigenvalue weighted by atomic mass is 35.5. The van der Waals surface area contributed by atoms with Crippen LogP contribution in [0.3, 0.4) is 0 Å². The van der Waals surface area contributed by atoms with Gasteiger partial charge in [-0.15, -0.1) is 0 Å². The molecule has 0 radical (unpaired) electrons. The number of aliphatic hydroxyl groups is 1. The minimum absolute atomic E-state index is 0.221. The van der Waals surface area contributed by atoms with Gasteiger partial charge in [-0.2, -0.15) is 5.10 Å². The second kappa shape index (κ2) is 7.05. The van der Waals surface area contributed by atoms with Crippen molar-refractivity contribution >= 4 is 17.4 Å². The Labute approximate surface area is 157 Å². The molecule has 0 atom stereocenters. The van der Waals surface area contributed by atoms with Crippen molar-refractivity contribution in [3.05, 3.63) is 47.7 Å².